The van der Waals surface area contributed by atoms with Gasteiger partial charge in [0.15, 0.2) is 11.5 Å². The molecule has 9 nitrogen and oxygen atoms in total. The van der Waals surface area contributed by atoms with Crippen molar-refractivity contribution < 1.29 is 9.32 Å². The minimum Gasteiger partial charge on any atom is -0.350 e. The quantitative estimate of drug-likeness (QED) is 0.790. The second kappa shape index (κ2) is 8.16. The number of nitrogens with one attached hydrogen (secondary N) is 1. The van der Waals surface area contributed by atoms with Gasteiger partial charge in [0.25, 0.3) is 5.91 Å². The van der Waals surface area contributed by atoms with E-state index < -0.39 is 0 Å². The third-order valence-electron chi connectivity index (χ3n) is 5.68. The fourth-order valence-electron chi connectivity index (χ4n) is 4.01. The van der Waals surface area contributed by atoms with Gasteiger partial charge >= 0.3 is 0 Å². The molecule has 0 spiro atoms. The number of aromatic nitrogens is 5. The topological polar surface area (TPSA) is 125 Å². The first kappa shape index (κ1) is 18.1. The first-order valence-corrected chi connectivity index (χ1v) is 9.97. The maximum absolute atomic E-state index is 12.3. The molecule has 2 heterocycles. The molecule has 146 valence electrons. The number of nitrogens with two attached hydrogens (primary N) is 1. The average Bonchev–Trinajstić information content (AvgIpc) is 3.43. The fraction of sp³-hybridized carbons (Fsp3) is 0.722. The Hall–Kier alpha value is -2.29. The van der Waals surface area contributed by atoms with Crippen molar-refractivity contribution in [3.05, 3.63) is 23.6 Å². The van der Waals surface area contributed by atoms with Crippen LogP contribution < -0.4 is 11.1 Å². The molecule has 27 heavy (non-hydrogen) atoms. The molecule has 0 unspecified atom stereocenters. The number of carbonyl (C=O) groups is 1. The molecule has 0 aromatic carbocycles. The number of hydrogen-bond donors (Lipinski definition) is 2. The molecule has 0 radical (unpaired) electrons. The summed E-state index contributed by atoms with van der Waals surface area (Å²) in [7, 11) is 0. The summed E-state index contributed by atoms with van der Waals surface area (Å²) >= 11 is 0. The highest BCUT2D eigenvalue weighted by atomic mass is 16.5. The van der Waals surface area contributed by atoms with Gasteiger partial charge in [-0.05, 0) is 38.5 Å². The molecule has 2 aromatic rings. The molecule has 2 aromatic heterocycles. The van der Waals surface area contributed by atoms with E-state index in [1.165, 1.54) is 12.8 Å². The zero-order valence-electron chi connectivity index (χ0n) is 15.5. The maximum Gasteiger partial charge on any atom is 0.273 e. The highest BCUT2D eigenvalue weighted by molar-refractivity contribution is 5.91. The van der Waals surface area contributed by atoms with E-state index in [-0.39, 0.29) is 18.0 Å². The second-order valence-electron chi connectivity index (χ2n) is 7.69. The summed E-state index contributed by atoms with van der Waals surface area (Å²) in [6, 6.07) is 0.569. The van der Waals surface area contributed by atoms with E-state index in [0.29, 0.717) is 30.4 Å². The average molecular weight is 373 g/mol. The zero-order valence-corrected chi connectivity index (χ0v) is 15.5. The first-order chi connectivity index (χ1) is 13.2. The Labute approximate surface area is 158 Å². The highest BCUT2D eigenvalue weighted by Gasteiger charge is 2.24. The zero-order chi connectivity index (χ0) is 18.6. The number of hydrogen-bond acceptors (Lipinski definition) is 7. The van der Waals surface area contributed by atoms with Gasteiger partial charge in [-0.15, -0.1) is 5.10 Å². The van der Waals surface area contributed by atoms with Crippen LogP contribution in [0.25, 0.3) is 0 Å². The van der Waals surface area contributed by atoms with Crippen molar-refractivity contribution in [1.29, 1.82) is 0 Å². The van der Waals surface area contributed by atoms with Gasteiger partial charge in [-0.3, -0.25) is 4.79 Å². The lowest BCUT2D eigenvalue weighted by atomic mass is 9.92. The molecule has 2 aliphatic carbocycles. The van der Waals surface area contributed by atoms with Crippen LogP contribution in [-0.2, 0) is 6.42 Å². The number of nitrogens with zero attached hydrogens (tertiary/aromatic N) is 5. The second-order valence-corrected chi connectivity index (χ2v) is 7.69. The van der Waals surface area contributed by atoms with Crippen LogP contribution in [0.1, 0.15) is 85.5 Å². The third kappa shape index (κ3) is 4.35. The molecule has 0 aliphatic heterocycles. The summed E-state index contributed by atoms with van der Waals surface area (Å²) in [5, 5.41) is 15.0. The lowest BCUT2D eigenvalue weighted by molar-refractivity contribution is 0.0948. The van der Waals surface area contributed by atoms with Crippen LogP contribution in [-0.4, -0.2) is 43.6 Å². The van der Waals surface area contributed by atoms with Crippen molar-refractivity contribution >= 4 is 5.91 Å². The Morgan fingerprint density at radius 1 is 1.22 bits per heavy atom. The predicted molar refractivity (Wildman–Crippen MR) is 97.0 cm³/mol. The Morgan fingerprint density at radius 3 is 2.78 bits per heavy atom. The van der Waals surface area contributed by atoms with E-state index >= 15 is 0 Å². The van der Waals surface area contributed by atoms with E-state index in [4.69, 9.17) is 10.3 Å². The molecular weight excluding hydrogens is 346 g/mol. The number of amides is 1. The van der Waals surface area contributed by atoms with Crippen molar-refractivity contribution in [1.82, 2.24) is 30.5 Å². The molecule has 9 heteroatoms. The Morgan fingerprint density at radius 2 is 2.00 bits per heavy atom. The van der Waals surface area contributed by atoms with Gasteiger partial charge in [-0.1, -0.05) is 23.2 Å². The molecule has 1 amide bonds. The van der Waals surface area contributed by atoms with Crippen molar-refractivity contribution in [2.75, 3.05) is 6.54 Å². The molecule has 0 atom stereocenters. The molecule has 4 rings (SSSR count). The largest absolute Gasteiger partial charge is 0.350 e. The summed E-state index contributed by atoms with van der Waals surface area (Å²) in [4.78, 5) is 16.7. The predicted octanol–water partition coefficient (Wildman–Crippen LogP) is 1.73. The standard InChI is InChI=1S/C18H27N7O2/c19-13-5-7-14(8-6-13)25-11-15(22-24-25)17(26)20-10-9-16-21-18(27-23-16)12-3-1-2-4-12/h11-14H,1-10,19H2,(H,20,26). The summed E-state index contributed by atoms with van der Waals surface area (Å²) in [6.07, 6.45) is 10.9. The number of carbonyl (C=O) groups excluding carboxylic acids is 1. The van der Waals surface area contributed by atoms with Crippen LogP contribution in [0.4, 0.5) is 0 Å². The maximum atomic E-state index is 12.3. The van der Waals surface area contributed by atoms with Crippen molar-refractivity contribution in [2.45, 2.75) is 75.8 Å². The monoisotopic (exact) mass is 373 g/mol. The molecule has 2 fully saturated rings. The molecule has 0 bridgehead atoms. The molecule has 2 aliphatic rings. The Bertz CT molecular complexity index is 757. The molecule has 3 N–H and O–H groups in total. The lowest BCUT2D eigenvalue weighted by Crippen LogP contribution is -2.28. The Kier molecular flexibility index (Phi) is 5.47. The van der Waals surface area contributed by atoms with Crippen LogP contribution in [0.5, 0.6) is 0 Å². The van der Waals surface area contributed by atoms with Crippen molar-refractivity contribution in [3.8, 4) is 0 Å². The van der Waals surface area contributed by atoms with Gasteiger partial charge in [0, 0.05) is 24.9 Å². The van der Waals surface area contributed by atoms with Gasteiger partial charge in [0.2, 0.25) is 5.89 Å². The van der Waals surface area contributed by atoms with Crippen molar-refractivity contribution in [2.24, 2.45) is 5.73 Å². The Balaban J connectivity index is 1.25. The van der Waals surface area contributed by atoms with Gasteiger partial charge in [-0.2, -0.15) is 4.98 Å². The van der Waals surface area contributed by atoms with E-state index in [1.54, 1.807) is 10.9 Å². The van der Waals surface area contributed by atoms with E-state index in [9.17, 15) is 4.79 Å². The van der Waals surface area contributed by atoms with Gasteiger partial charge in [0.1, 0.15) is 0 Å². The highest BCUT2D eigenvalue weighted by Crippen LogP contribution is 2.32. The smallest absolute Gasteiger partial charge is 0.273 e. The molecular formula is C18H27N7O2. The van der Waals surface area contributed by atoms with Crippen LogP contribution in [0.15, 0.2) is 10.7 Å². The summed E-state index contributed by atoms with van der Waals surface area (Å²) < 4.78 is 7.16. The molecule has 0 saturated heterocycles. The third-order valence-corrected chi connectivity index (χ3v) is 5.68. The van der Waals surface area contributed by atoms with Crippen molar-refractivity contribution in [3.63, 3.8) is 0 Å². The van der Waals surface area contributed by atoms with E-state index in [2.05, 4.69) is 25.8 Å². The summed E-state index contributed by atoms with van der Waals surface area (Å²) in [6.45, 7) is 0.438. The number of rotatable bonds is 6. The minimum absolute atomic E-state index is 0.228. The lowest BCUT2D eigenvalue weighted by Gasteiger charge is -2.25. The van der Waals surface area contributed by atoms with Gasteiger partial charge in [0.05, 0.1) is 12.2 Å². The van der Waals surface area contributed by atoms with Crippen LogP contribution in [0, 0.1) is 0 Å². The summed E-state index contributed by atoms with van der Waals surface area (Å²) in [5.74, 6) is 1.56. The van der Waals surface area contributed by atoms with Gasteiger partial charge < -0.3 is 15.6 Å². The van der Waals surface area contributed by atoms with E-state index in [1.807, 2.05) is 0 Å². The van der Waals surface area contributed by atoms with E-state index in [0.717, 1.165) is 44.4 Å². The normalized spacial score (nSPS) is 23.6. The van der Waals surface area contributed by atoms with Crippen LogP contribution >= 0.6 is 0 Å². The van der Waals surface area contributed by atoms with Crippen LogP contribution in [0.3, 0.4) is 0 Å². The minimum atomic E-state index is -0.228. The van der Waals surface area contributed by atoms with Gasteiger partial charge in [-0.25, -0.2) is 4.68 Å². The summed E-state index contributed by atoms with van der Waals surface area (Å²) in [5.41, 5.74) is 6.28. The van der Waals surface area contributed by atoms with Crippen LogP contribution in [0.2, 0.25) is 0 Å². The molecule has 2 saturated carbocycles. The fourth-order valence-corrected chi connectivity index (χ4v) is 4.01. The SMILES string of the molecule is NC1CCC(n2cc(C(=O)NCCc3noc(C4CCCC4)n3)nn2)CC1. The first-order valence-electron chi connectivity index (χ1n) is 9.97.